The van der Waals surface area contributed by atoms with Crippen molar-refractivity contribution in [2.75, 3.05) is 0 Å². The molecule has 0 spiro atoms. The van der Waals surface area contributed by atoms with Gasteiger partial charge in [0.25, 0.3) is 0 Å². The van der Waals surface area contributed by atoms with Gasteiger partial charge in [-0.1, -0.05) is 0 Å². The van der Waals surface area contributed by atoms with Gasteiger partial charge in [-0.25, -0.2) is 0 Å². The summed E-state index contributed by atoms with van der Waals surface area (Å²) in [7, 11) is 0. The molecule has 4 heteroatoms. The summed E-state index contributed by atoms with van der Waals surface area (Å²) in [5.74, 6) is 0. The Balaban J connectivity index is 0. The minimum Gasteiger partial charge on any atom is -2.00 e. The van der Waals surface area contributed by atoms with E-state index in [-0.39, 0.29) is 57.6 Å². The predicted octanol–water partition coefficient (Wildman–Crippen LogP) is -0.505. The van der Waals surface area contributed by atoms with Crippen molar-refractivity contribution in [3.05, 3.63) is 0 Å². The molecule has 0 unspecified atom stereocenters. The summed E-state index contributed by atoms with van der Waals surface area (Å²) in [5, 5.41) is 0. The molecular formula is AlCr2O+7. The van der Waals surface area contributed by atoms with E-state index in [2.05, 4.69) is 0 Å². The Labute approximate surface area is 57.5 Å². The molecule has 0 atom stereocenters. The van der Waals surface area contributed by atoms with Crippen molar-refractivity contribution in [2.24, 2.45) is 0 Å². The molecule has 0 aromatic carbocycles. The second kappa shape index (κ2) is 23.8. The molecule has 0 N–H and O–H groups in total. The van der Waals surface area contributed by atoms with Crippen LogP contribution in [0.4, 0.5) is 0 Å². The summed E-state index contributed by atoms with van der Waals surface area (Å²) in [6.07, 6.45) is 0. The molecule has 0 aliphatic heterocycles. The normalized spacial score (nSPS) is 0. The van der Waals surface area contributed by atoms with Gasteiger partial charge < -0.3 is 5.48 Å². The maximum absolute atomic E-state index is 0. The third-order valence-corrected chi connectivity index (χ3v) is 0. The molecule has 0 bridgehead atoms. The van der Waals surface area contributed by atoms with Crippen molar-refractivity contribution < 1.29 is 40.2 Å². The second-order valence-electron chi connectivity index (χ2n) is 0. The third kappa shape index (κ3) is 9.59. The van der Waals surface area contributed by atoms with Crippen LogP contribution in [0.3, 0.4) is 0 Å². The van der Waals surface area contributed by atoms with E-state index in [1.165, 1.54) is 0 Å². The van der Waals surface area contributed by atoms with E-state index in [9.17, 15) is 0 Å². The first kappa shape index (κ1) is 47.6. The third-order valence-electron chi connectivity index (χ3n) is 0. The van der Waals surface area contributed by atoms with Gasteiger partial charge in [0.1, 0.15) is 0 Å². The SMILES string of the molecule is [Al+3].[Cr+3].[Cr+3].[O-2]. The smallest absolute Gasteiger partial charge is 2.00 e. The maximum Gasteiger partial charge on any atom is 3.00 e. The van der Waals surface area contributed by atoms with Crippen LogP contribution in [0.5, 0.6) is 0 Å². The van der Waals surface area contributed by atoms with Gasteiger partial charge in [0.05, 0.1) is 0 Å². The molecule has 0 saturated heterocycles. The monoisotopic (exact) mass is 147 g/mol. The fraction of sp³-hybridized carbons (Fsp3) is 0. The van der Waals surface area contributed by atoms with Crippen LogP contribution in [0.25, 0.3) is 0 Å². The molecule has 0 aliphatic rings. The maximum atomic E-state index is 0. The van der Waals surface area contributed by atoms with Crippen LogP contribution in [0.15, 0.2) is 0 Å². The summed E-state index contributed by atoms with van der Waals surface area (Å²) in [4.78, 5) is 0. The first-order valence-electron chi connectivity index (χ1n) is 0. The summed E-state index contributed by atoms with van der Waals surface area (Å²) in [6.45, 7) is 0. The summed E-state index contributed by atoms with van der Waals surface area (Å²) >= 11 is 0. The Morgan fingerprint density at radius 2 is 0.750 bits per heavy atom. The van der Waals surface area contributed by atoms with Crippen LogP contribution >= 0.6 is 0 Å². The van der Waals surface area contributed by atoms with Crippen molar-refractivity contribution in [3.63, 3.8) is 0 Å². The minimum absolute atomic E-state index is 0. The minimum atomic E-state index is 0. The fourth-order valence-electron chi connectivity index (χ4n) is 0. The van der Waals surface area contributed by atoms with Crippen LogP contribution in [0.1, 0.15) is 0 Å². The van der Waals surface area contributed by atoms with Gasteiger partial charge in [-0.3, -0.25) is 0 Å². The standard InChI is InChI=1S/Al.2Cr.O/q3*+3;-2. The molecule has 14 valence electrons. The Morgan fingerprint density at radius 1 is 0.750 bits per heavy atom. The Morgan fingerprint density at radius 3 is 0.750 bits per heavy atom. The molecule has 0 amide bonds. The molecule has 4 heavy (non-hydrogen) atoms. The first-order valence-corrected chi connectivity index (χ1v) is 0. The number of hydrogen-bond acceptors (Lipinski definition) is 0. The van der Waals surface area contributed by atoms with E-state index < -0.39 is 0 Å². The van der Waals surface area contributed by atoms with E-state index in [1.807, 2.05) is 0 Å². The van der Waals surface area contributed by atoms with E-state index in [0.29, 0.717) is 0 Å². The Bertz CT molecular complexity index is 6.00. The van der Waals surface area contributed by atoms with Gasteiger partial charge in [0.2, 0.25) is 0 Å². The van der Waals surface area contributed by atoms with Crippen LogP contribution in [-0.4, -0.2) is 17.4 Å². The molecule has 0 fully saturated rings. The van der Waals surface area contributed by atoms with Gasteiger partial charge >= 0.3 is 52.1 Å². The van der Waals surface area contributed by atoms with Gasteiger partial charge in [-0.15, -0.1) is 0 Å². The Kier molecular flexibility index (Phi) is 283. The van der Waals surface area contributed by atoms with Crippen molar-refractivity contribution in [1.29, 1.82) is 0 Å². The quantitative estimate of drug-likeness (QED) is 0.413. The van der Waals surface area contributed by atoms with Crippen LogP contribution in [0.2, 0.25) is 0 Å². The van der Waals surface area contributed by atoms with Crippen LogP contribution in [0, 0.1) is 0 Å². The van der Waals surface area contributed by atoms with Crippen molar-refractivity contribution in [2.45, 2.75) is 0 Å². The molecule has 0 heterocycles. The van der Waals surface area contributed by atoms with Gasteiger partial charge in [0.15, 0.2) is 0 Å². The van der Waals surface area contributed by atoms with Crippen molar-refractivity contribution >= 4 is 17.4 Å². The summed E-state index contributed by atoms with van der Waals surface area (Å²) in [5.41, 5.74) is 0. The Hall–Kier alpha value is 1.56. The fourth-order valence-corrected chi connectivity index (χ4v) is 0. The van der Waals surface area contributed by atoms with Crippen LogP contribution in [-0.2, 0) is 40.2 Å². The van der Waals surface area contributed by atoms with Gasteiger partial charge in [0, 0.05) is 0 Å². The van der Waals surface area contributed by atoms with Gasteiger partial charge in [-0.05, 0) is 0 Å². The predicted molar refractivity (Wildman–Crippen MR) is 6.44 cm³/mol. The average molecular weight is 147 g/mol. The van der Waals surface area contributed by atoms with Crippen molar-refractivity contribution in [1.82, 2.24) is 0 Å². The van der Waals surface area contributed by atoms with E-state index >= 15 is 0 Å². The second-order valence-corrected chi connectivity index (χ2v) is 0. The molecule has 1 nitrogen and oxygen atoms in total. The molecule has 0 rings (SSSR count). The molecule has 0 saturated carbocycles. The van der Waals surface area contributed by atoms with Gasteiger partial charge in [-0.2, -0.15) is 0 Å². The first-order chi connectivity index (χ1) is 0. The number of rotatable bonds is 0. The molecular weight excluding hydrogens is 147 g/mol. The summed E-state index contributed by atoms with van der Waals surface area (Å²) in [6, 6.07) is 0. The zero-order valence-electron chi connectivity index (χ0n) is 1.80. The zero-order valence-corrected chi connectivity index (χ0v) is 5.51. The average Bonchev–Trinajstić information content (AvgIpc) is 0. The molecule has 0 aliphatic carbocycles. The molecule has 2 radical (unpaired) electrons. The molecule has 0 aromatic rings. The van der Waals surface area contributed by atoms with Crippen molar-refractivity contribution in [3.8, 4) is 0 Å². The van der Waals surface area contributed by atoms with E-state index in [4.69, 9.17) is 0 Å². The van der Waals surface area contributed by atoms with Crippen LogP contribution < -0.4 is 0 Å². The largest absolute Gasteiger partial charge is 3.00 e. The zero-order chi connectivity index (χ0) is 0. The van der Waals surface area contributed by atoms with E-state index in [1.54, 1.807) is 0 Å². The topological polar surface area (TPSA) is 28.5 Å². The molecule has 0 aromatic heterocycles. The van der Waals surface area contributed by atoms with E-state index in [0.717, 1.165) is 0 Å². The summed E-state index contributed by atoms with van der Waals surface area (Å²) < 4.78 is 0. The number of hydrogen-bond donors (Lipinski definition) is 0.